The van der Waals surface area contributed by atoms with Crippen molar-refractivity contribution >= 4 is 135 Å². The van der Waals surface area contributed by atoms with E-state index < -0.39 is 48.8 Å². The van der Waals surface area contributed by atoms with Crippen molar-refractivity contribution in [3.8, 4) is 5.75 Å². The minimum atomic E-state index is -4.24. The van der Waals surface area contributed by atoms with Gasteiger partial charge in [0.05, 0.1) is 18.4 Å². The number of hydrogen-bond donors (Lipinski definition) is 13. The van der Waals surface area contributed by atoms with Crippen LogP contribution < -0.4 is 57.5 Å². The fraction of sp³-hybridized carbons (Fsp3) is 0.691. The molecule has 4 atom stereocenters. The predicted molar refractivity (Wildman–Crippen MR) is 342 cm³/mol. The highest BCUT2D eigenvalue weighted by Crippen LogP contribution is 2.37. The molecule has 26 nitrogen and oxygen atoms in total. The number of hydrogen-bond acceptors (Lipinski definition) is 21. The number of unbranched alkanes of at least 4 members (excludes halogenated alkanes) is 7. The average Bonchev–Trinajstić information content (AvgIpc) is 3.13. The highest BCUT2D eigenvalue weighted by molar-refractivity contribution is 8.00. The Morgan fingerprint density at radius 1 is 0.563 bits per heavy atom. The van der Waals surface area contributed by atoms with Gasteiger partial charge >= 0.3 is 0 Å². The largest absolute Gasteiger partial charge is 0.756 e. The minimum Gasteiger partial charge on any atom is -0.756 e. The number of thioether (sulfide) groups is 1. The van der Waals surface area contributed by atoms with Crippen molar-refractivity contribution in [3.05, 3.63) is 29.3 Å². The summed E-state index contributed by atoms with van der Waals surface area (Å²) in [6.07, 6.45) is 8.26. The molecular formula is C55H90N10O16PS5-. The standard InChI is InChI=1S/C55H91N10O16PS5/c1-79-82(77,78)81-28-11-2-3-12-34-87-44-38-50(71)65(55(44)76)27-10-4-5-15-45(66)58-26-29-80-41-36-39(51(72)59-22-24-61-53(74)42(63-48(69)18-32-85)13-6-8-20-56-46(67)16-30-83)35-40(37-41)52(73)60-23-25-62-54(75)43(64-49(70)19-33-86)14-7-9-21-57-47(68)17-31-84/h35-37,42-44,83-86H,2-34,38H2,1H3,(H,56,67)(H,57,68)(H,58,66)(H,59,72)(H,60,73)(H,61,74)(H,62,75)(H,63,69)(H,64,70)(H,77,78)/p-1/t42-,43?,44?/m0/s1. The van der Waals surface area contributed by atoms with Gasteiger partial charge in [-0.25, -0.2) is 0 Å². The first-order valence-electron chi connectivity index (χ1n) is 29.5. The van der Waals surface area contributed by atoms with Crippen LogP contribution in [0.25, 0.3) is 0 Å². The zero-order valence-corrected chi connectivity index (χ0v) is 54.9. The van der Waals surface area contributed by atoms with Gasteiger partial charge in [0.15, 0.2) is 0 Å². The number of carbonyl (C=O) groups is 11. The fourth-order valence-electron chi connectivity index (χ4n) is 8.38. The highest BCUT2D eigenvalue weighted by atomic mass is 32.2. The highest BCUT2D eigenvalue weighted by Gasteiger charge is 2.38. The molecule has 0 saturated carbocycles. The predicted octanol–water partition coefficient (Wildman–Crippen LogP) is 1.81. The molecule has 0 bridgehead atoms. The van der Waals surface area contributed by atoms with E-state index in [2.05, 4.69) is 103 Å². The number of thiol groups is 4. The smallest absolute Gasteiger partial charge is 0.267 e. The van der Waals surface area contributed by atoms with Crippen LogP contribution in [-0.2, 0) is 56.8 Å². The maximum absolute atomic E-state index is 13.6. The van der Waals surface area contributed by atoms with Crippen LogP contribution in [0.15, 0.2) is 18.2 Å². The molecule has 1 heterocycles. The molecule has 3 unspecified atom stereocenters. The summed E-state index contributed by atoms with van der Waals surface area (Å²) in [4.78, 5) is 153. The van der Waals surface area contributed by atoms with Gasteiger partial charge < -0.3 is 66.5 Å². The van der Waals surface area contributed by atoms with Crippen LogP contribution in [0.5, 0.6) is 5.75 Å². The number of amides is 11. The van der Waals surface area contributed by atoms with Gasteiger partial charge in [0.2, 0.25) is 53.2 Å². The molecule has 2 rings (SSSR count). The summed E-state index contributed by atoms with van der Waals surface area (Å²) in [5.41, 5.74) is 0.0340. The van der Waals surface area contributed by atoms with Crippen molar-refractivity contribution in [2.24, 2.45) is 0 Å². The molecule has 87 heavy (non-hydrogen) atoms. The monoisotopic (exact) mass is 1340 g/mol. The topological polar surface area (TPSA) is 367 Å². The van der Waals surface area contributed by atoms with E-state index in [4.69, 9.17) is 9.26 Å². The van der Waals surface area contributed by atoms with Crippen LogP contribution in [0, 0.1) is 0 Å². The van der Waals surface area contributed by atoms with Gasteiger partial charge in [-0.1, -0.05) is 19.3 Å². The minimum absolute atomic E-state index is 0.0170. The summed E-state index contributed by atoms with van der Waals surface area (Å²) >= 11 is 17.7. The molecule has 492 valence electrons. The quantitative estimate of drug-likeness (QED) is 0.0191. The Bertz CT molecular complexity index is 2300. The number of nitrogens with zero attached hydrogens (tertiary/aromatic N) is 1. The van der Waals surface area contributed by atoms with Crippen LogP contribution in [-0.4, -0.2) is 189 Å². The van der Waals surface area contributed by atoms with E-state index in [1.54, 1.807) is 0 Å². The Balaban J connectivity index is 2.01. The molecule has 1 fully saturated rings. The van der Waals surface area contributed by atoms with Gasteiger partial charge in [-0.15, -0.1) is 11.8 Å². The molecule has 1 aromatic carbocycles. The van der Waals surface area contributed by atoms with Gasteiger partial charge in [-0.05, 0) is 111 Å². The molecule has 0 aliphatic carbocycles. The number of likely N-dealkylation sites (tertiary alicyclic amines) is 1. The number of benzene rings is 1. The van der Waals surface area contributed by atoms with E-state index in [1.165, 1.54) is 34.9 Å². The number of phosphoric acid groups is 1. The number of nitrogens with one attached hydrogen (secondary N) is 9. The Morgan fingerprint density at radius 2 is 1.03 bits per heavy atom. The molecule has 32 heteroatoms. The van der Waals surface area contributed by atoms with E-state index in [-0.39, 0.29) is 174 Å². The van der Waals surface area contributed by atoms with Gasteiger partial charge in [0.25, 0.3) is 19.6 Å². The number of ether oxygens (including phenoxy) is 1. The van der Waals surface area contributed by atoms with Crippen molar-refractivity contribution < 1.29 is 76.0 Å². The maximum atomic E-state index is 13.6. The Morgan fingerprint density at radius 3 is 1.55 bits per heavy atom. The van der Waals surface area contributed by atoms with Gasteiger partial charge in [-0.2, -0.15) is 50.5 Å². The van der Waals surface area contributed by atoms with Crippen molar-refractivity contribution in [1.82, 2.24) is 52.8 Å². The Kier molecular flexibility index (Phi) is 42.5. The van der Waals surface area contributed by atoms with Crippen LogP contribution in [0.3, 0.4) is 0 Å². The van der Waals surface area contributed by atoms with E-state index in [1.807, 2.05) is 0 Å². The fourth-order valence-corrected chi connectivity index (χ4v) is 10.8. The van der Waals surface area contributed by atoms with Gasteiger partial charge in [0, 0.05) is 103 Å². The van der Waals surface area contributed by atoms with Gasteiger partial charge in [-0.3, -0.25) is 62.2 Å². The zero-order valence-electron chi connectivity index (χ0n) is 49.6. The third-order valence-corrected chi connectivity index (χ3v) is 16.1. The lowest BCUT2D eigenvalue weighted by molar-refractivity contribution is -0.223. The summed E-state index contributed by atoms with van der Waals surface area (Å²) in [6, 6.07) is 2.37. The van der Waals surface area contributed by atoms with Crippen LogP contribution in [0.2, 0.25) is 0 Å². The number of imide groups is 1. The summed E-state index contributed by atoms with van der Waals surface area (Å²) in [6.45, 7) is 0.924. The average molecular weight is 1340 g/mol. The maximum Gasteiger partial charge on any atom is 0.267 e. The second kappa shape index (κ2) is 47.2. The molecule has 1 aliphatic rings. The second-order valence-electron chi connectivity index (χ2n) is 20.0. The Labute approximate surface area is 536 Å². The van der Waals surface area contributed by atoms with Crippen molar-refractivity contribution in [3.63, 3.8) is 0 Å². The first kappa shape index (κ1) is 78.3. The van der Waals surface area contributed by atoms with Crippen LogP contribution in [0.4, 0.5) is 0 Å². The second-order valence-corrected chi connectivity index (χ2v) is 24.6. The first-order chi connectivity index (χ1) is 41.8. The molecule has 9 N–H and O–H groups in total. The SMILES string of the molecule is COP(=O)([O-])OCCCCCCSC1CC(=O)N(CCCCCC(=O)NCCOc2cc(C(=O)NCCNC(=O)C(CCCCNC(=O)CCS)NC(=O)CCS)cc(C(=O)NCCNC(=O)[C@H](CCCCNC(=O)CCS)NC(=O)CCS)c2)C1=O. The number of carbonyl (C=O) groups excluding carboxylic acids is 11. The molecule has 1 aromatic rings. The summed E-state index contributed by atoms with van der Waals surface area (Å²) < 4.78 is 26.1. The molecule has 0 aromatic heterocycles. The molecule has 11 amide bonds. The number of phosphoric ester groups is 1. The molecular weight excluding hydrogens is 1250 g/mol. The lowest BCUT2D eigenvalue weighted by Gasteiger charge is -2.19. The zero-order chi connectivity index (χ0) is 64.2. The molecule has 0 radical (unpaired) electrons. The number of rotatable bonds is 50. The normalized spacial score (nSPS) is 14.2. The third kappa shape index (κ3) is 35.9. The van der Waals surface area contributed by atoms with Gasteiger partial charge in [0.1, 0.15) is 24.4 Å². The summed E-state index contributed by atoms with van der Waals surface area (Å²) in [5, 5.41) is 24.2. The van der Waals surface area contributed by atoms with Crippen molar-refractivity contribution in [1.29, 1.82) is 0 Å². The van der Waals surface area contributed by atoms with E-state index in [0.717, 1.165) is 26.4 Å². The van der Waals surface area contributed by atoms with Crippen molar-refractivity contribution in [2.45, 2.75) is 139 Å². The lowest BCUT2D eigenvalue weighted by Crippen LogP contribution is -2.48. The molecule has 1 aliphatic heterocycles. The van der Waals surface area contributed by atoms with E-state index >= 15 is 0 Å². The van der Waals surface area contributed by atoms with Crippen molar-refractivity contribution in [2.75, 3.05) is 101 Å². The molecule has 1 saturated heterocycles. The summed E-state index contributed by atoms with van der Waals surface area (Å²) in [7, 11) is -3.20. The summed E-state index contributed by atoms with van der Waals surface area (Å²) in [5.74, 6) is -1.75. The lowest BCUT2D eigenvalue weighted by atomic mass is 10.1. The Hall–Kier alpha value is -4.75. The third-order valence-electron chi connectivity index (χ3n) is 13.0. The van der Waals surface area contributed by atoms with E-state index in [0.29, 0.717) is 81.7 Å². The van der Waals surface area contributed by atoms with Crippen LogP contribution >= 0.6 is 70.1 Å². The first-order valence-corrected chi connectivity index (χ1v) is 34.5. The molecule has 0 spiro atoms. The van der Waals surface area contributed by atoms with Crippen LogP contribution in [0.1, 0.15) is 143 Å². The van der Waals surface area contributed by atoms with E-state index in [9.17, 15) is 62.2 Å².